The van der Waals surface area contributed by atoms with Gasteiger partial charge in [0, 0.05) is 6.54 Å². The first-order valence-corrected chi connectivity index (χ1v) is 6.78. The van der Waals surface area contributed by atoms with Gasteiger partial charge in [0.2, 0.25) is 0 Å². The lowest BCUT2D eigenvalue weighted by atomic mass is 10.1. The molecule has 1 atom stereocenters. The van der Waals surface area contributed by atoms with Gasteiger partial charge in [0.1, 0.15) is 6.61 Å². The van der Waals surface area contributed by atoms with Crippen LogP contribution in [0.4, 0.5) is 0 Å². The molecule has 1 fully saturated rings. The number of hydrogen-bond acceptors (Lipinski definition) is 2. The van der Waals surface area contributed by atoms with Gasteiger partial charge in [0.25, 0.3) is 5.17 Å². The smallest absolute Gasteiger partial charge is 0.260 e. The highest BCUT2D eigenvalue weighted by molar-refractivity contribution is 7.80. The Hall–Kier alpha value is -1.87. The molecule has 0 amide bonds. The summed E-state index contributed by atoms with van der Waals surface area (Å²) in [5.74, 6) is 0. The maximum absolute atomic E-state index is 5.56. The molecule has 2 nitrogen and oxygen atoms in total. The average molecular weight is 269 g/mol. The third-order valence-electron chi connectivity index (χ3n) is 3.36. The standard InChI is InChI=1S/C16H15NOS/c19-16-17(11-13-7-3-1-4-8-13)15(12-18-16)14-9-5-2-6-10-14/h1-10,15H,11-12H2/t15-/m0/s1. The van der Waals surface area contributed by atoms with Crippen molar-refractivity contribution in [3.05, 3.63) is 71.8 Å². The van der Waals surface area contributed by atoms with Crippen LogP contribution in [-0.4, -0.2) is 16.7 Å². The lowest BCUT2D eigenvalue weighted by Gasteiger charge is -2.23. The van der Waals surface area contributed by atoms with Gasteiger partial charge in [-0.25, -0.2) is 0 Å². The Labute approximate surface area is 118 Å². The Morgan fingerprint density at radius 3 is 2.32 bits per heavy atom. The van der Waals surface area contributed by atoms with Gasteiger partial charge in [-0.15, -0.1) is 0 Å². The van der Waals surface area contributed by atoms with Gasteiger partial charge >= 0.3 is 0 Å². The fraction of sp³-hybridized carbons (Fsp3) is 0.188. The van der Waals surface area contributed by atoms with Gasteiger partial charge in [-0.05, 0) is 23.3 Å². The van der Waals surface area contributed by atoms with Gasteiger partial charge in [-0.2, -0.15) is 0 Å². The van der Waals surface area contributed by atoms with Crippen LogP contribution in [-0.2, 0) is 11.3 Å². The van der Waals surface area contributed by atoms with Gasteiger partial charge in [-0.1, -0.05) is 60.7 Å². The van der Waals surface area contributed by atoms with E-state index in [0.29, 0.717) is 11.8 Å². The van der Waals surface area contributed by atoms with E-state index in [9.17, 15) is 0 Å². The molecule has 0 spiro atoms. The molecule has 0 radical (unpaired) electrons. The zero-order chi connectivity index (χ0) is 13.1. The first-order chi connectivity index (χ1) is 9.34. The van der Waals surface area contributed by atoms with E-state index in [1.807, 2.05) is 24.3 Å². The summed E-state index contributed by atoms with van der Waals surface area (Å²) in [6.45, 7) is 1.43. The molecule has 3 heteroatoms. The van der Waals surface area contributed by atoms with Gasteiger partial charge in [0.15, 0.2) is 0 Å². The average Bonchev–Trinajstić information content (AvgIpc) is 2.82. The monoisotopic (exact) mass is 269 g/mol. The quantitative estimate of drug-likeness (QED) is 0.791. The Morgan fingerprint density at radius 1 is 1.00 bits per heavy atom. The van der Waals surface area contributed by atoms with Gasteiger partial charge in [-0.3, -0.25) is 0 Å². The molecular weight excluding hydrogens is 254 g/mol. The molecular formula is C16H15NOS. The number of ether oxygens (including phenoxy) is 1. The second-order valence-electron chi connectivity index (χ2n) is 4.62. The Balaban J connectivity index is 1.83. The summed E-state index contributed by atoms with van der Waals surface area (Å²) >= 11 is 5.32. The summed E-state index contributed by atoms with van der Waals surface area (Å²) < 4.78 is 5.56. The van der Waals surface area contributed by atoms with E-state index in [1.165, 1.54) is 11.1 Å². The summed E-state index contributed by atoms with van der Waals surface area (Å²) in [6, 6.07) is 20.9. The van der Waals surface area contributed by atoms with E-state index in [2.05, 4.69) is 41.3 Å². The van der Waals surface area contributed by atoms with Crippen LogP contribution in [0.1, 0.15) is 17.2 Å². The fourth-order valence-corrected chi connectivity index (χ4v) is 2.62. The lowest BCUT2D eigenvalue weighted by Crippen LogP contribution is -2.26. The number of hydrogen-bond donors (Lipinski definition) is 0. The maximum atomic E-state index is 5.56. The molecule has 3 rings (SSSR count). The Kier molecular flexibility index (Phi) is 3.47. The van der Waals surface area contributed by atoms with Crippen molar-refractivity contribution < 1.29 is 4.74 Å². The molecule has 96 valence electrons. The molecule has 0 unspecified atom stereocenters. The third kappa shape index (κ3) is 2.61. The molecule has 1 heterocycles. The van der Waals surface area contributed by atoms with Crippen LogP contribution in [0, 0.1) is 0 Å². The van der Waals surface area contributed by atoms with Crippen LogP contribution in [0.15, 0.2) is 60.7 Å². The topological polar surface area (TPSA) is 12.5 Å². The molecule has 2 aromatic carbocycles. The molecule has 1 saturated heterocycles. The Morgan fingerprint density at radius 2 is 1.63 bits per heavy atom. The van der Waals surface area contributed by atoms with E-state index < -0.39 is 0 Å². The summed E-state index contributed by atoms with van der Waals surface area (Å²) in [7, 11) is 0. The van der Waals surface area contributed by atoms with Gasteiger partial charge < -0.3 is 9.64 Å². The number of thiocarbonyl (C=S) groups is 1. The van der Waals surface area contributed by atoms with Crippen LogP contribution in [0.2, 0.25) is 0 Å². The molecule has 19 heavy (non-hydrogen) atoms. The minimum atomic E-state index is 0.217. The molecule has 2 aromatic rings. The lowest BCUT2D eigenvalue weighted by molar-refractivity contribution is 0.311. The third-order valence-corrected chi connectivity index (χ3v) is 3.71. The zero-order valence-corrected chi connectivity index (χ0v) is 11.3. The molecule has 0 aromatic heterocycles. The minimum absolute atomic E-state index is 0.217. The highest BCUT2D eigenvalue weighted by Crippen LogP contribution is 2.29. The first kappa shape index (κ1) is 12.2. The van der Waals surface area contributed by atoms with Crippen molar-refractivity contribution in [1.29, 1.82) is 0 Å². The molecule has 0 N–H and O–H groups in total. The van der Waals surface area contributed by atoms with Crippen LogP contribution >= 0.6 is 12.2 Å². The van der Waals surface area contributed by atoms with Gasteiger partial charge in [0.05, 0.1) is 6.04 Å². The van der Waals surface area contributed by atoms with Crippen LogP contribution in [0.25, 0.3) is 0 Å². The Bertz CT molecular complexity index is 555. The fourth-order valence-electron chi connectivity index (χ4n) is 2.36. The predicted octanol–water partition coefficient (Wildman–Crippen LogP) is 3.55. The van der Waals surface area contributed by atoms with E-state index >= 15 is 0 Å². The molecule has 1 aliphatic rings. The normalized spacial score (nSPS) is 18.4. The highest BCUT2D eigenvalue weighted by atomic mass is 32.1. The zero-order valence-electron chi connectivity index (χ0n) is 10.5. The summed E-state index contributed by atoms with van der Waals surface area (Å²) in [4.78, 5) is 2.15. The van der Waals surface area contributed by atoms with Crippen LogP contribution in [0.5, 0.6) is 0 Å². The molecule has 1 aliphatic heterocycles. The van der Waals surface area contributed by atoms with Crippen molar-refractivity contribution in [2.24, 2.45) is 0 Å². The van der Waals surface area contributed by atoms with Crippen LogP contribution < -0.4 is 0 Å². The maximum Gasteiger partial charge on any atom is 0.260 e. The number of nitrogens with zero attached hydrogens (tertiary/aromatic N) is 1. The second kappa shape index (κ2) is 5.41. The number of benzene rings is 2. The molecule has 0 aliphatic carbocycles. The van der Waals surface area contributed by atoms with E-state index in [0.717, 1.165) is 6.54 Å². The van der Waals surface area contributed by atoms with Crippen molar-refractivity contribution in [2.45, 2.75) is 12.6 Å². The molecule has 0 bridgehead atoms. The van der Waals surface area contributed by atoms with Crippen molar-refractivity contribution in [3.8, 4) is 0 Å². The summed E-state index contributed by atoms with van der Waals surface area (Å²) in [5.41, 5.74) is 2.49. The van der Waals surface area contributed by atoms with E-state index in [-0.39, 0.29) is 6.04 Å². The van der Waals surface area contributed by atoms with Crippen molar-refractivity contribution in [3.63, 3.8) is 0 Å². The predicted molar refractivity (Wildman–Crippen MR) is 79.7 cm³/mol. The van der Waals surface area contributed by atoms with Crippen molar-refractivity contribution in [1.82, 2.24) is 4.90 Å². The minimum Gasteiger partial charge on any atom is -0.468 e. The van der Waals surface area contributed by atoms with E-state index in [4.69, 9.17) is 17.0 Å². The second-order valence-corrected chi connectivity index (χ2v) is 4.97. The SMILES string of the molecule is S=C1OC[C@@H](c2ccccc2)N1Cc1ccccc1. The first-order valence-electron chi connectivity index (χ1n) is 6.37. The number of rotatable bonds is 3. The van der Waals surface area contributed by atoms with Crippen LogP contribution in [0.3, 0.4) is 0 Å². The molecule has 0 saturated carbocycles. The largest absolute Gasteiger partial charge is 0.468 e. The summed E-state index contributed by atoms with van der Waals surface area (Å²) in [6.07, 6.45) is 0. The highest BCUT2D eigenvalue weighted by Gasteiger charge is 2.30. The van der Waals surface area contributed by atoms with Crippen molar-refractivity contribution in [2.75, 3.05) is 6.61 Å². The van der Waals surface area contributed by atoms with E-state index in [1.54, 1.807) is 0 Å². The van der Waals surface area contributed by atoms with Crippen molar-refractivity contribution >= 4 is 17.4 Å². The summed E-state index contributed by atoms with van der Waals surface area (Å²) in [5, 5.41) is 0.595.